The van der Waals surface area contributed by atoms with Crippen molar-refractivity contribution in [2.24, 2.45) is 0 Å². The molecule has 0 amide bonds. The highest BCUT2D eigenvalue weighted by Crippen LogP contribution is 2.27. The number of benzene rings is 1. The van der Waals surface area contributed by atoms with Crippen molar-refractivity contribution < 1.29 is 4.74 Å². The largest absolute Gasteiger partial charge is 0.424 e. The molecule has 2 heterocycles. The Labute approximate surface area is 127 Å². The normalized spacial score (nSPS) is 14.5. The molecule has 2 aromatic rings. The van der Waals surface area contributed by atoms with Gasteiger partial charge in [0.1, 0.15) is 5.75 Å². The Morgan fingerprint density at radius 1 is 1.19 bits per heavy atom. The van der Waals surface area contributed by atoms with Crippen LogP contribution in [0, 0.1) is 6.92 Å². The summed E-state index contributed by atoms with van der Waals surface area (Å²) >= 11 is 5.93. The van der Waals surface area contributed by atoms with Crippen LogP contribution in [-0.2, 0) is 0 Å². The van der Waals surface area contributed by atoms with Crippen molar-refractivity contribution in [1.29, 1.82) is 0 Å². The molecule has 1 aromatic heterocycles. The molecule has 1 aliphatic rings. The SMILES string of the molecule is Cc1cc(Cl)ccc1Oc1nc(N)nc(N2CCCC2)n1. The molecule has 0 aliphatic carbocycles. The van der Waals surface area contributed by atoms with E-state index < -0.39 is 0 Å². The first kappa shape index (κ1) is 13.9. The monoisotopic (exact) mass is 305 g/mol. The van der Waals surface area contributed by atoms with Crippen molar-refractivity contribution in [3.05, 3.63) is 28.8 Å². The fourth-order valence-electron chi connectivity index (χ4n) is 2.29. The number of hydrogen-bond acceptors (Lipinski definition) is 6. The molecule has 1 aliphatic heterocycles. The van der Waals surface area contributed by atoms with E-state index in [-0.39, 0.29) is 12.0 Å². The summed E-state index contributed by atoms with van der Waals surface area (Å²) in [6, 6.07) is 5.57. The van der Waals surface area contributed by atoms with Gasteiger partial charge >= 0.3 is 6.01 Å². The van der Waals surface area contributed by atoms with E-state index >= 15 is 0 Å². The smallest absolute Gasteiger partial charge is 0.328 e. The summed E-state index contributed by atoms with van der Waals surface area (Å²) in [5.74, 6) is 1.38. The molecule has 0 saturated carbocycles. The van der Waals surface area contributed by atoms with Crippen LogP contribution in [-0.4, -0.2) is 28.0 Å². The van der Waals surface area contributed by atoms with E-state index in [1.165, 1.54) is 0 Å². The van der Waals surface area contributed by atoms with Gasteiger partial charge in [-0.15, -0.1) is 0 Å². The molecular weight excluding hydrogens is 290 g/mol. The minimum Gasteiger partial charge on any atom is -0.424 e. The minimum atomic E-state index is 0.161. The van der Waals surface area contributed by atoms with Crippen LogP contribution in [0.1, 0.15) is 18.4 Å². The van der Waals surface area contributed by atoms with Crippen LogP contribution in [0.4, 0.5) is 11.9 Å². The number of nitrogens with zero attached hydrogens (tertiary/aromatic N) is 4. The average molecular weight is 306 g/mol. The van der Waals surface area contributed by atoms with E-state index in [4.69, 9.17) is 22.1 Å². The van der Waals surface area contributed by atoms with E-state index in [9.17, 15) is 0 Å². The predicted octanol–water partition coefficient (Wildman–Crippen LogP) is 2.81. The maximum Gasteiger partial charge on any atom is 0.328 e. The summed E-state index contributed by atoms with van der Waals surface area (Å²) in [7, 11) is 0. The van der Waals surface area contributed by atoms with Crippen LogP contribution >= 0.6 is 11.6 Å². The lowest BCUT2D eigenvalue weighted by Crippen LogP contribution is -2.21. The number of rotatable bonds is 3. The maximum atomic E-state index is 5.93. The molecule has 3 rings (SSSR count). The fraction of sp³-hybridized carbons (Fsp3) is 0.357. The molecule has 7 heteroatoms. The van der Waals surface area contributed by atoms with Crippen LogP contribution in [0.2, 0.25) is 5.02 Å². The van der Waals surface area contributed by atoms with Gasteiger partial charge < -0.3 is 15.4 Å². The summed E-state index contributed by atoms with van der Waals surface area (Å²) < 4.78 is 5.72. The lowest BCUT2D eigenvalue weighted by atomic mass is 10.2. The van der Waals surface area contributed by atoms with Gasteiger partial charge in [0.05, 0.1) is 0 Å². The molecule has 2 N–H and O–H groups in total. The highest BCUT2D eigenvalue weighted by molar-refractivity contribution is 6.30. The lowest BCUT2D eigenvalue weighted by Gasteiger charge is -2.16. The van der Waals surface area contributed by atoms with Crippen molar-refractivity contribution in [3.8, 4) is 11.8 Å². The summed E-state index contributed by atoms with van der Waals surface area (Å²) in [5, 5.41) is 0.660. The Morgan fingerprint density at radius 2 is 1.95 bits per heavy atom. The highest BCUT2D eigenvalue weighted by atomic mass is 35.5. The number of aryl methyl sites for hydroxylation is 1. The maximum absolute atomic E-state index is 5.93. The quantitative estimate of drug-likeness (QED) is 0.939. The van der Waals surface area contributed by atoms with E-state index in [0.717, 1.165) is 31.5 Å². The zero-order chi connectivity index (χ0) is 14.8. The zero-order valence-corrected chi connectivity index (χ0v) is 12.5. The number of anilines is 2. The van der Waals surface area contributed by atoms with Gasteiger partial charge in [0, 0.05) is 18.1 Å². The van der Waals surface area contributed by atoms with Crippen LogP contribution in [0.5, 0.6) is 11.8 Å². The van der Waals surface area contributed by atoms with Crippen molar-refractivity contribution >= 4 is 23.5 Å². The summed E-state index contributed by atoms with van der Waals surface area (Å²) in [6.07, 6.45) is 2.27. The molecule has 0 unspecified atom stereocenters. The van der Waals surface area contributed by atoms with Gasteiger partial charge in [-0.2, -0.15) is 15.0 Å². The Bertz CT molecular complexity index is 658. The molecule has 0 bridgehead atoms. The summed E-state index contributed by atoms with van der Waals surface area (Å²) in [4.78, 5) is 14.6. The Kier molecular flexibility index (Phi) is 3.79. The third-order valence-corrected chi connectivity index (χ3v) is 3.58. The molecule has 1 aromatic carbocycles. The standard InChI is InChI=1S/C14H16ClN5O/c1-9-8-10(15)4-5-11(9)21-14-18-12(16)17-13(19-14)20-6-2-3-7-20/h4-5,8H,2-3,6-7H2,1H3,(H2,16,17,18,19). The van der Waals surface area contributed by atoms with Gasteiger partial charge in [0.2, 0.25) is 11.9 Å². The first-order chi connectivity index (χ1) is 10.1. The van der Waals surface area contributed by atoms with Crippen molar-refractivity contribution in [2.75, 3.05) is 23.7 Å². The number of halogens is 1. The third-order valence-electron chi connectivity index (χ3n) is 3.35. The number of ether oxygens (including phenoxy) is 1. The summed E-state index contributed by atoms with van der Waals surface area (Å²) in [6.45, 7) is 3.78. The van der Waals surface area contributed by atoms with Gasteiger partial charge in [0.25, 0.3) is 0 Å². The van der Waals surface area contributed by atoms with E-state index in [0.29, 0.717) is 16.7 Å². The molecule has 0 atom stereocenters. The fourth-order valence-corrected chi connectivity index (χ4v) is 2.52. The van der Waals surface area contributed by atoms with E-state index in [1.54, 1.807) is 12.1 Å². The van der Waals surface area contributed by atoms with Gasteiger partial charge in [-0.3, -0.25) is 0 Å². The molecule has 21 heavy (non-hydrogen) atoms. The van der Waals surface area contributed by atoms with Gasteiger partial charge in [-0.1, -0.05) is 11.6 Å². The lowest BCUT2D eigenvalue weighted by molar-refractivity contribution is 0.437. The Balaban J connectivity index is 1.87. The van der Waals surface area contributed by atoms with Crippen molar-refractivity contribution in [3.63, 3.8) is 0 Å². The molecule has 0 radical (unpaired) electrons. The predicted molar refractivity (Wildman–Crippen MR) is 81.9 cm³/mol. The van der Waals surface area contributed by atoms with Gasteiger partial charge in [-0.25, -0.2) is 0 Å². The second-order valence-electron chi connectivity index (χ2n) is 4.98. The summed E-state index contributed by atoms with van der Waals surface area (Å²) in [5.41, 5.74) is 6.66. The van der Waals surface area contributed by atoms with Gasteiger partial charge in [-0.05, 0) is 43.5 Å². The zero-order valence-electron chi connectivity index (χ0n) is 11.7. The van der Waals surface area contributed by atoms with Crippen molar-refractivity contribution in [1.82, 2.24) is 15.0 Å². The molecule has 0 spiro atoms. The van der Waals surface area contributed by atoms with Crippen LogP contribution < -0.4 is 15.4 Å². The Hall–Kier alpha value is -2.08. The first-order valence-electron chi connectivity index (χ1n) is 6.82. The van der Waals surface area contributed by atoms with Crippen LogP contribution in [0.25, 0.3) is 0 Å². The van der Waals surface area contributed by atoms with Crippen LogP contribution in [0.15, 0.2) is 18.2 Å². The van der Waals surface area contributed by atoms with Crippen molar-refractivity contribution in [2.45, 2.75) is 19.8 Å². The second kappa shape index (κ2) is 5.73. The second-order valence-corrected chi connectivity index (χ2v) is 5.42. The molecular formula is C14H16ClN5O. The first-order valence-corrected chi connectivity index (χ1v) is 7.20. The minimum absolute atomic E-state index is 0.161. The number of hydrogen-bond donors (Lipinski definition) is 1. The molecule has 6 nitrogen and oxygen atoms in total. The topological polar surface area (TPSA) is 77.2 Å². The third kappa shape index (κ3) is 3.16. The number of nitrogen functional groups attached to an aromatic ring is 1. The van der Waals surface area contributed by atoms with Gasteiger partial charge in [0.15, 0.2) is 0 Å². The molecule has 110 valence electrons. The molecule has 1 fully saturated rings. The average Bonchev–Trinajstić information content (AvgIpc) is 2.95. The molecule has 1 saturated heterocycles. The Morgan fingerprint density at radius 3 is 2.67 bits per heavy atom. The van der Waals surface area contributed by atoms with E-state index in [2.05, 4.69) is 19.9 Å². The highest BCUT2D eigenvalue weighted by Gasteiger charge is 2.17. The number of nitrogens with two attached hydrogens (primary N) is 1. The van der Waals surface area contributed by atoms with Crippen LogP contribution in [0.3, 0.4) is 0 Å². The number of aromatic nitrogens is 3. The van der Waals surface area contributed by atoms with E-state index in [1.807, 2.05) is 13.0 Å².